The number of aliphatic carboxylic acids is 1. The molecule has 0 aromatic heterocycles. The maximum atomic E-state index is 11.3. The molecular weight excluding hydrogens is 172 g/mol. The maximum absolute atomic E-state index is 11.3. The molecular formula is C8H14N2O3. The second-order valence-electron chi connectivity index (χ2n) is 3.20. The van der Waals surface area contributed by atoms with Crippen LogP contribution in [0.15, 0.2) is 0 Å². The van der Waals surface area contributed by atoms with Gasteiger partial charge in [-0.3, -0.25) is 4.79 Å². The quantitative estimate of drug-likeness (QED) is 0.650. The van der Waals surface area contributed by atoms with Gasteiger partial charge in [0.2, 0.25) is 0 Å². The molecule has 1 aliphatic heterocycles. The number of rotatable bonds is 2. The summed E-state index contributed by atoms with van der Waals surface area (Å²) in [5.74, 6) is -1.01. The lowest BCUT2D eigenvalue weighted by Gasteiger charge is -2.17. The smallest absolute Gasteiger partial charge is 0.325 e. The van der Waals surface area contributed by atoms with Crippen molar-refractivity contribution in [2.75, 3.05) is 13.1 Å². The fraction of sp³-hybridized carbons (Fsp3) is 0.750. The molecule has 0 aromatic rings. The molecule has 2 amide bonds. The summed E-state index contributed by atoms with van der Waals surface area (Å²) >= 11 is 0. The molecule has 13 heavy (non-hydrogen) atoms. The third-order valence-corrected chi connectivity index (χ3v) is 2.10. The Kier molecular flexibility index (Phi) is 3.11. The van der Waals surface area contributed by atoms with Gasteiger partial charge in [-0.25, -0.2) is 4.79 Å². The van der Waals surface area contributed by atoms with Crippen molar-refractivity contribution < 1.29 is 14.7 Å². The molecule has 5 heteroatoms. The van der Waals surface area contributed by atoms with E-state index in [9.17, 15) is 9.59 Å². The van der Waals surface area contributed by atoms with Gasteiger partial charge >= 0.3 is 12.0 Å². The third kappa shape index (κ3) is 2.61. The molecule has 5 nitrogen and oxygen atoms in total. The van der Waals surface area contributed by atoms with Gasteiger partial charge in [0.25, 0.3) is 0 Å². The lowest BCUT2D eigenvalue weighted by Crippen LogP contribution is -2.45. The Bertz CT molecular complexity index is 211. The van der Waals surface area contributed by atoms with Crippen molar-refractivity contribution in [2.45, 2.75) is 25.8 Å². The Balaban J connectivity index is 2.35. The van der Waals surface area contributed by atoms with Gasteiger partial charge < -0.3 is 15.3 Å². The van der Waals surface area contributed by atoms with E-state index in [-0.39, 0.29) is 6.03 Å². The van der Waals surface area contributed by atoms with Gasteiger partial charge in [0.1, 0.15) is 6.04 Å². The highest BCUT2D eigenvalue weighted by Gasteiger charge is 2.21. The number of amides is 2. The average molecular weight is 186 g/mol. The predicted octanol–water partition coefficient (Wildman–Crippen LogP) is 0.265. The molecule has 1 saturated heterocycles. The molecule has 74 valence electrons. The Labute approximate surface area is 76.7 Å². The number of urea groups is 1. The van der Waals surface area contributed by atoms with E-state index >= 15 is 0 Å². The van der Waals surface area contributed by atoms with Gasteiger partial charge in [-0.15, -0.1) is 0 Å². The molecule has 1 rings (SSSR count). The molecule has 0 aromatic carbocycles. The summed E-state index contributed by atoms with van der Waals surface area (Å²) in [6.07, 6.45) is 2.02. The van der Waals surface area contributed by atoms with Gasteiger partial charge in [0, 0.05) is 13.1 Å². The summed E-state index contributed by atoms with van der Waals surface area (Å²) in [7, 11) is 0. The second-order valence-corrected chi connectivity index (χ2v) is 3.20. The van der Waals surface area contributed by atoms with Crippen LogP contribution in [-0.4, -0.2) is 41.1 Å². The summed E-state index contributed by atoms with van der Waals surface area (Å²) < 4.78 is 0. The van der Waals surface area contributed by atoms with Gasteiger partial charge in [-0.1, -0.05) is 0 Å². The molecule has 0 aliphatic carbocycles. The topological polar surface area (TPSA) is 69.6 Å². The lowest BCUT2D eigenvalue weighted by molar-refractivity contribution is -0.138. The molecule has 0 bridgehead atoms. The zero-order valence-electron chi connectivity index (χ0n) is 7.62. The van der Waals surface area contributed by atoms with Crippen molar-refractivity contribution >= 4 is 12.0 Å². The number of carbonyl (C=O) groups is 2. The number of hydrogen-bond donors (Lipinski definition) is 2. The molecule has 1 heterocycles. The largest absolute Gasteiger partial charge is 0.480 e. The lowest BCUT2D eigenvalue weighted by atomic mass is 10.3. The third-order valence-electron chi connectivity index (χ3n) is 2.10. The fourth-order valence-corrected chi connectivity index (χ4v) is 1.26. The minimum Gasteiger partial charge on any atom is -0.480 e. The summed E-state index contributed by atoms with van der Waals surface area (Å²) in [5.41, 5.74) is 0. The van der Waals surface area contributed by atoms with Crippen LogP contribution in [0.1, 0.15) is 19.8 Å². The Morgan fingerprint density at radius 3 is 2.38 bits per heavy atom. The van der Waals surface area contributed by atoms with Crippen LogP contribution in [0.4, 0.5) is 4.79 Å². The molecule has 1 aliphatic rings. The van der Waals surface area contributed by atoms with Crippen LogP contribution in [0.5, 0.6) is 0 Å². The molecule has 2 N–H and O–H groups in total. The fourth-order valence-electron chi connectivity index (χ4n) is 1.26. The van der Waals surface area contributed by atoms with E-state index in [4.69, 9.17) is 5.11 Å². The minimum atomic E-state index is -1.01. The first-order chi connectivity index (χ1) is 6.11. The Hall–Kier alpha value is -1.26. The zero-order valence-corrected chi connectivity index (χ0v) is 7.62. The van der Waals surface area contributed by atoms with Gasteiger partial charge in [-0.2, -0.15) is 0 Å². The van der Waals surface area contributed by atoms with Crippen LogP contribution in [0, 0.1) is 0 Å². The van der Waals surface area contributed by atoms with Gasteiger partial charge in [0.15, 0.2) is 0 Å². The number of nitrogens with one attached hydrogen (secondary N) is 1. The van der Waals surface area contributed by atoms with E-state index in [0.717, 1.165) is 25.9 Å². The molecule has 1 atom stereocenters. The number of likely N-dealkylation sites (tertiary alicyclic amines) is 1. The number of carboxylic acid groups (broad SMARTS) is 1. The van der Waals surface area contributed by atoms with E-state index in [2.05, 4.69) is 5.32 Å². The Morgan fingerprint density at radius 2 is 1.92 bits per heavy atom. The van der Waals surface area contributed by atoms with Gasteiger partial charge in [-0.05, 0) is 19.8 Å². The SMILES string of the molecule is CC(NC(=O)N1CCCC1)C(=O)O. The van der Waals surface area contributed by atoms with Crippen LogP contribution >= 0.6 is 0 Å². The van der Waals surface area contributed by atoms with Gasteiger partial charge in [0.05, 0.1) is 0 Å². The minimum absolute atomic E-state index is 0.271. The highest BCUT2D eigenvalue weighted by molar-refractivity contribution is 5.82. The van der Waals surface area contributed by atoms with Crippen LogP contribution in [0.2, 0.25) is 0 Å². The van der Waals surface area contributed by atoms with Crippen molar-refractivity contribution in [3.05, 3.63) is 0 Å². The monoisotopic (exact) mass is 186 g/mol. The zero-order chi connectivity index (χ0) is 9.84. The first-order valence-electron chi connectivity index (χ1n) is 4.39. The van der Waals surface area contributed by atoms with E-state index in [1.165, 1.54) is 6.92 Å². The Morgan fingerprint density at radius 1 is 1.38 bits per heavy atom. The average Bonchev–Trinajstić information content (AvgIpc) is 2.55. The van der Waals surface area contributed by atoms with Crippen molar-refractivity contribution in [3.8, 4) is 0 Å². The molecule has 0 radical (unpaired) electrons. The van der Waals surface area contributed by atoms with Crippen molar-refractivity contribution in [3.63, 3.8) is 0 Å². The number of nitrogens with zero attached hydrogens (tertiary/aromatic N) is 1. The molecule has 0 spiro atoms. The number of carboxylic acids is 1. The van der Waals surface area contributed by atoms with E-state index in [1.54, 1.807) is 4.90 Å². The van der Waals surface area contributed by atoms with Crippen LogP contribution in [-0.2, 0) is 4.79 Å². The first-order valence-corrected chi connectivity index (χ1v) is 4.39. The number of carbonyl (C=O) groups excluding carboxylic acids is 1. The maximum Gasteiger partial charge on any atom is 0.325 e. The normalized spacial score (nSPS) is 18.4. The van der Waals surface area contributed by atoms with E-state index in [1.807, 2.05) is 0 Å². The van der Waals surface area contributed by atoms with Crippen molar-refractivity contribution in [1.82, 2.24) is 10.2 Å². The van der Waals surface area contributed by atoms with Crippen LogP contribution in [0.25, 0.3) is 0 Å². The van der Waals surface area contributed by atoms with Crippen LogP contribution in [0.3, 0.4) is 0 Å². The summed E-state index contributed by atoms with van der Waals surface area (Å²) in [4.78, 5) is 23.4. The number of hydrogen-bond acceptors (Lipinski definition) is 2. The predicted molar refractivity (Wildman–Crippen MR) is 46.4 cm³/mol. The van der Waals surface area contributed by atoms with Crippen molar-refractivity contribution in [2.24, 2.45) is 0 Å². The second kappa shape index (κ2) is 4.11. The highest BCUT2D eigenvalue weighted by Crippen LogP contribution is 2.07. The first kappa shape index (κ1) is 9.83. The van der Waals surface area contributed by atoms with E-state index in [0.29, 0.717) is 0 Å². The summed E-state index contributed by atoms with van der Waals surface area (Å²) in [6.45, 7) is 2.92. The summed E-state index contributed by atoms with van der Waals surface area (Å²) in [5, 5.41) is 10.9. The van der Waals surface area contributed by atoms with Crippen LogP contribution < -0.4 is 5.32 Å². The molecule has 1 unspecified atom stereocenters. The van der Waals surface area contributed by atoms with E-state index < -0.39 is 12.0 Å². The standard InChI is InChI=1S/C8H14N2O3/c1-6(7(11)12)9-8(13)10-4-2-3-5-10/h6H,2-5H2,1H3,(H,9,13)(H,11,12). The highest BCUT2D eigenvalue weighted by atomic mass is 16.4. The summed E-state index contributed by atoms with van der Waals surface area (Å²) in [6, 6.07) is -1.08. The molecule has 1 fully saturated rings. The van der Waals surface area contributed by atoms with Crippen molar-refractivity contribution in [1.29, 1.82) is 0 Å². The molecule has 0 saturated carbocycles.